The highest BCUT2D eigenvalue weighted by atomic mass is 35.5. The number of nitrogens with one attached hydrogen (secondary N) is 1. The number of fused-ring (bicyclic) bond motifs is 1. The molecule has 1 aromatic carbocycles. The fraction of sp³-hybridized carbons (Fsp3) is 0.586. The maximum atomic E-state index is 13.8. The molecule has 38 heavy (non-hydrogen) atoms. The lowest BCUT2D eigenvalue weighted by Gasteiger charge is -2.43. The maximum absolute atomic E-state index is 13.8. The van der Waals surface area contributed by atoms with E-state index in [1.54, 1.807) is 12.1 Å². The molecule has 0 radical (unpaired) electrons. The first-order valence-corrected chi connectivity index (χ1v) is 13.5. The molecule has 2 fully saturated rings. The van der Waals surface area contributed by atoms with Gasteiger partial charge in [-0.1, -0.05) is 26.0 Å². The molecule has 4 heterocycles. The molecule has 3 atom stereocenters. The van der Waals surface area contributed by atoms with Crippen LogP contribution in [0.4, 0.5) is 10.1 Å². The second-order valence-electron chi connectivity index (χ2n) is 11.7. The summed E-state index contributed by atoms with van der Waals surface area (Å²) >= 11 is 0. The van der Waals surface area contributed by atoms with Crippen LogP contribution in [0.5, 0.6) is 0 Å². The van der Waals surface area contributed by atoms with Gasteiger partial charge in [0.1, 0.15) is 5.82 Å². The summed E-state index contributed by atoms with van der Waals surface area (Å²) in [5, 5.41) is 3.61. The molecule has 1 unspecified atom stereocenters. The summed E-state index contributed by atoms with van der Waals surface area (Å²) in [5.74, 6) is -0.111. The number of anilines is 1. The Hall–Kier alpha value is -2.10. The van der Waals surface area contributed by atoms with Crippen molar-refractivity contribution in [3.05, 3.63) is 59.2 Å². The van der Waals surface area contributed by atoms with Crippen molar-refractivity contribution >= 4 is 24.0 Å². The summed E-state index contributed by atoms with van der Waals surface area (Å²) in [7, 11) is 0. The van der Waals surface area contributed by atoms with Gasteiger partial charge in [0.15, 0.2) is 0 Å². The normalized spacial score (nSPS) is 25.6. The standard InChI is InChI=1S/C29H40FN5O2.ClH/c1-20-15-34(25(14-31-20)16-33-9-10-37-18-21(33)2)17-27(36)35-19-29(3,4)28-26(35)12-23(13-32-28)11-22-5-7-24(30)8-6-22;/h5-8,12-13,20-21,25,31H,9-11,14-19H2,1-4H3;1H/t20-,21?,25-;/m1./s1. The number of nitrogens with zero attached hydrogens (tertiary/aromatic N) is 4. The zero-order valence-corrected chi connectivity index (χ0v) is 23.8. The summed E-state index contributed by atoms with van der Waals surface area (Å²) in [6, 6.07) is 9.69. The van der Waals surface area contributed by atoms with Crippen LogP contribution >= 0.6 is 12.4 Å². The number of carbonyl (C=O) groups is 1. The van der Waals surface area contributed by atoms with Crippen LogP contribution < -0.4 is 10.2 Å². The molecule has 2 aromatic rings. The number of amides is 1. The molecule has 3 aliphatic heterocycles. The molecule has 3 aliphatic rings. The molecule has 1 amide bonds. The molecule has 9 heteroatoms. The van der Waals surface area contributed by atoms with E-state index in [1.807, 2.05) is 11.1 Å². The molecule has 0 saturated carbocycles. The molecule has 0 aliphatic carbocycles. The summed E-state index contributed by atoms with van der Waals surface area (Å²) in [6.45, 7) is 14.9. The van der Waals surface area contributed by atoms with Crippen LogP contribution in [0.1, 0.15) is 44.5 Å². The average Bonchev–Trinajstić information content (AvgIpc) is 3.14. The Balaban J connectivity index is 0.00000336. The molecule has 0 bridgehead atoms. The average molecular weight is 546 g/mol. The van der Waals surface area contributed by atoms with Crippen LogP contribution in [-0.4, -0.2) is 91.3 Å². The van der Waals surface area contributed by atoms with Gasteiger partial charge in [0.2, 0.25) is 5.91 Å². The van der Waals surface area contributed by atoms with E-state index >= 15 is 0 Å². The molecule has 5 rings (SSSR count). The monoisotopic (exact) mass is 545 g/mol. The lowest BCUT2D eigenvalue weighted by molar-refractivity contribution is -0.121. The first-order valence-electron chi connectivity index (χ1n) is 13.5. The Labute approximate surface area is 232 Å². The topological polar surface area (TPSA) is 60.9 Å². The van der Waals surface area contributed by atoms with E-state index in [2.05, 4.69) is 48.9 Å². The number of pyridine rings is 1. The third kappa shape index (κ3) is 6.37. The largest absolute Gasteiger partial charge is 0.379 e. The molecule has 0 spiro atoms. The minimum absolute atomic E-state index is 0. The zero-order valence-electron chi connectivity index (χ0n) is 23.0. The number of rotatable bonds is 6. The minimum atomic E-state index is -0.238. The Kier molecular flexibility index (Phi) is 9.10. The van der Waals surface area contributed by atoms with Crippen molar-refractivity contribution in [1.29, 1.82) is 0 Å². The van der Waals surface area contributed by atoms with Gasteiger partial charge < -0.3 is 15.0 Å². The van der Waals surface area contributed by atoms with Crippen molar-refractivity contribution in [3.63, 3.8) is 0 Å². The van der Waals surface area contributed by atoms with E-state index in [-0.39, 0.29) is 35.6 Å². The first-order chi connectivity index (χ1) is 17.7. The smallest absolute Gasteiger partial charge is 0.241 e. The number of hydrogen-bond donors (Lipinski definition) is 1. The highest BCUT2D eigenvalue weighted by Gasteiger charge is 2.41. The number of halogens is 2. The Morgan fingerprint density at radius 3 is 2.68 bits per heavy atom. The number of ether oxygens (including phenoxy) is 1. The number of morpholine rings is 1. The highest BCUT2D eigenvalue weighted by molar-refractivity contribution is 5.97. The van der Waals surface area contributed by atoms with E-state index in [9.17, 15) is 9.18 Å². The van der Waals surface area contributed by atoms with E-state index in [1.165, 1.54) is 12.1 Å². The van der Waals surface area contributed by atoms with Crippen molar-refractivity contribution in [2.75, 3.05) is 57.4 Å². The molecule has 208 valence electrons. The molecular formula is C29H41ClFN5O2. The second kappa shape index (κ2) is 12.0. The van der Waals surface area contributed by atoms with Crippen LogP contribution in [0.25, 0.3) is 0 Å². The lowest BCUT2D eigenvalue weighted by atomic mass is 9.91. The molecule has 1 N–H and O–H groups in total. The first kappa shape index (κ1) is 28.9. The van der Waals surface area contributed by atoms with Crippen molar-refractivity contribution in [1.82, 2.24) is 20.1 Å². The Bertz CT molecular complexity index is 1110. The fourth-order valence-corrected chi connectivity index (χ4v) is 5.90. The van der Waals surface area contributed by atoms with E-state index < -0.39 is 0 Å². The number of piperazine rings is 1. The SMILES string of the molecule is CC1COCCN1C[C@H]1CN[C@H](C)CN1CC(=O)N1CC(C)(C)c2ncc(Cc3ccc(F)cc3)cc21.Cl. The summed E-state index contributed by atoms with van der Waals surface area (Å²) in [6.07, 6.45) is 2.55. The third-order valence-corrected chi connectivity index (χ3v) is 8.05. The fourth-order valence-electron chi connectivity index (χ4n) is 5.90. The van der Waals surface area contributed by atoms with Gasteiger partial charge in [0.05, 0.1) is 31.1 Å². The maximum Gasteiger partial charge on any atom is 0.241 e. The van der Waals surface area contributed by atoms with Crippen molar-refractivity contribution in [2.45, 2.75) is 57.7 Å². The van der Waals surface area contributed by atoms with Gasteiger partial charge in [0, 0.05) is 62.5 Å². The predicted molar refractivity (Wildman–Crippen MR) is 151 cm³/mol. The van der Waals surface area contributed by atoms with Gasteiger partial charge in [-0.25, -0.2) is 4.39 Å². The molecule has 1 aromatic heterocycles. The van der Waals surface area contributed by atoms with Crippen molar-refractivity contribution in [2.24, 2.45) is 0 Å². The van der Waals surface area contributed by atoms with E-state index in [0.717, 1.165) is 61.9 Å². The zero-order chi connectivity index (χ0) is 26.2. The van der Waals surface area contributed by atoms with E-state index in [0.29, 0.717) is 31.6 Å². The molecule has 2 saturated heterocycles. The van der Waals surface area contributed by atoms with Gasteiger partial charge in [-0.2, -0.15) is 0 Å². The second-order valence-corrected chi connectivity index (χ2v) is 11.7. The minimum Gasteiger partial charge on any atom is -0.379 e. The third-order valence-electron chi connectivity index (χ3n) is 8.05. The summed E-state index contributed by atoms with van der Waals surface area (Å²) in [5.41, 5.74) is 3.72. The van der Waals surface area contributed by atoms with Crippen molar-refractivity contribution < 1.29 is 13.9 Å². The quantitative estimate of drug-likeness (QED) is 0.601. The van der Waals surface area contributed by atoms with Crippen LogP contribution in [0.15, 0.2) is 36.5 Å². The summed E-state index contributed by atoms with van der Waals surface area (Å²) < 4.78 is 19.0. The highest BCUT2D eigenvalue weighted by Crippen LogP contribution is 2.39. The van der Waals surface area contributed by atoms with Gasteiger partial charge in [-0.15, -0.1) is 12.4 Å². The van der Waals surface area contributed by atoms with Crippen LogP contribution in [0, 0.1) is 5.82 Å². The predicted octanol–water partition coefficient (Wildman–Crippen LogP) is 3.24. The number of hydrogen-bond acceptors (Lipinski definition) is 6. The van der Waals surface area contributed by atoms with Crippen molar-refractivity contribution in [3.8, 4) is 0 Å². The van der Waals surface area contributed by atoms with Gasteiger partial charge in [-0.3, -0.25) is 19.6 Å². The number of carbonyl (C=O) groups excluding carboxylic acids is 1. The molecular weight excluding hydrogens is 505 g/mol. The van der Waals surface area contributed by atoms with Crippen LogP contribution in [0.2, 0.25) is 0 Å². The number of benzene rings is 1. The van der Waals surface area contributed by atoms with Gasteiger partial charge >= 0.3 is 0 Å². The Morgan fingerprint density at radius 2 is 1.95 bits per heavy atom. The number of aromatic nitrogens is 1. The lowest BCUT2D eigenvalue weighted by Crippen LogP contribution is -2.62. The van der Waals surface area contributed by atoms with E-state index in [4.69, 9.17) is 9.72 Å². The van der Waals surface area contributed by atoms with Gasteiger partial charge in [-0.05, 0) is 49.6 Å². The van der Waals surface area contributed by atoms with Crippen LogP contribution in [-0.2, 0) is 21.4 Å². The van der Waals surface area contributed by atoms with Gasteiger partial charge in [0.25, 0.3) is 0 Å². The van der Waals surface area contributed by atoms with Crippen LogP contribution in [0.3, 0.4) is 0 Å². The Morgan fingerprint density at radius 1 is 1.18 bits per heavy atom. The molecule has 7 nitrogen and oxygen atoms in total. The summed E-state index contributed by atoms with van der Waals surface area (Å²) in [4.78, 5) is 25.4.